The zero-order chi connectivity index (χ0) is 23.3. The molecule has 1 amide bonds. The third-order valence-corrected chi connectivity index (χ3v) is 5.37. The quantitative estimate of drug-likeness (QED) is 0.509. The van der Waals surface area contributed by atoms with Crippen LogP contribution >= 0.6 is 0 Å². The summed E-state index contributed by atoms with van der Waals surface area (Å²) in [5.41, 5.74) is 12.5. The molecule has 6 heteroatoms. The minimum Gasteiger partial charge on any atom is -0.481 e. The predicted octanol–water partition coefficient (Wildman–Crippen LogP) is 4.67. The number of hydrogen-bond acceptors (Lipinski definition) is 3. The fourth-order valence-corrected chi connectivity index (χ4v) is 3.77. The van der Waals surface area contributed by atoms with Gasteiger partial charge in [-0.15, -0.1) is 0 Å². The second-order valence-corrected chi connectivity index (χ2v) is 7.51. The maximum absolute atomic E-state index is 11.6. The van der Waals surface area contributed by atoms with Crippen LogP contribution in [0.5, 0.6) is 0 Å². The number of aromatic nitrogens is 1. The van der Waals surface area contributed by atoms with Crippen LogP contribution in [0.3, 0.4) is 0 Å². The van der Waals surface area contributed by atoms with Gasteiger partial charge in [-0.3, -0.25) is 14.6 Å². The maximum Gasteiger partial charge on any atom is 0.303 e. The molecule has 0 saturated heterocycles. The average molecular weight is 430 g/mol. The van der Waals surface area contributed by atoms with E-state index in [-0.39, 0.29) is 6.42 Å². The lowest BCUT2D eigenvalue weighted by Crippen LogP contribution is -2.12. The van der Waals surface area contributed by atoms with Crippen molar-refractivity contribution >= 4 is 23.7 Å². The van der Waals surface area contributed by atoms with Crippen molar-refractivity contribution in [3.63, 3.8) is 0 Å². The highest BCUT2D eigenvalue weighted by Gasteiger charge is 2.16. The van der Waals surface area contributed by atoms with Crippen LogP contribution in [0.2, 0.25) is 0 Å². The monoisotopic (exact) mass is 429 g/mol. The van der Waals surface area contributed by atoms with Crippen LogP contribution in [-0.4, -0.2) is 34.8 Å². The van der Waals surface area contributed by atoms with Gasteiger partial charge in [0, 0.05) is 30.2 Å². The van der Waals surface area contributed by atoms with Crippen molar-refractivity contribution in [2.24, 2.45) is 10.7 Å². The molecular formula is C26H27N3O3. The summed E-state index contributed by atoms with van der Waals surface area (Å²) < 4.78 is 2.06. The second kappa shape index (κ2) is 9.92. The zero-order valence-electron chi connectivity index (χ0n) is 18.5. The van der Waals surface area contributed by atoms with E-state index in [0.29, 0.717) is 12.0 Å². The van der Waals surface area contributed by atoms with Gasteiger partial charge in [-0.2, -0.15) is 0 Å². The van der Waals surface area contributed by atoms with Gasteiger partial charge in [0.25, 0.3) is 0 Å². The van der Waals surface area contributed by atoms with Crippen LogP contribution in [0.25, 0.3) is 22.5 Å². The molecule has 0 atom stereocenters. The van der Waals surface area contributed by atoms with Crippen molar-refractivity contribution < 1.29 is 14.7 Å². The van der Waals surface area contributed by atoms with E-state index in [1.165, 1.54) is 0 Å². The highest BCUT2D eigenvalue weighted by molar-refractivity contribution is 6.09. The third-order valence-electron chi connectivity index (χ3n) is 5.37. The van der Waals surface area contributed by atoms with Gasteiger partial charge in [0.1, 0.15) is 0 Å². The summed E-state index contributed by atoms with van der Waals surface area (Å²) in [4.78, 5) is 26.9. The van der Waals surface area contributed by atoms with E-state index in [0.717, 1.165) is 39.3 Å². The molecule has 0 aliphatic rings. The van der Waals surface area contributed by atoms with E-state index in [2.05, 4.69) is 9.56 Å². The number of allylic oxidation sites excluding steroid dienone is 2. The first-order valence-electron chi connectivity index (χ1n) is 10.4. The molecule has 6 nitrogen and oxygen atoms in total. The molecule has 1 aromatic heterocycles. The van der Waals surface area contributed by atoms with Crippen molar-refractivity contribution in [3.8, 4) is 16.9 Å². The number of carboxylic acids is 1. The van der Waals surface area contributed by atoms with Gasteiger partial charge in [0.15, 0.2) is 0 Å². The van der Waals surface area contributed by atoms with Crippen LogP contribution in [0.4, 0.5) is 0 Å². The molecule has 0 bridgehead atoms. The zero-order valence-corrected chi connectivity index (χ0v) is 18.5. The van der Waals surface area contributed by atoms with Crippen LogP contribution in [0.1, 0.15) is 40.5 Å². The molecule has 0 saturated carbocycles. The van der Waals surface area contributed by atoms with Gasteiger partial charge in [-0.25, -0.2) is 0 Å². The number of aryl methyl sites for hydroxylation is 2. The summed E-state index contributed by atoms with van der Waals surface area (Å²) in [5.74, 6) is -1.33. The van der Waals surface area contributed by atoms with Crippen molar-refractivity contribution in [3.05, 3.63) is 83.1 Å². The van der Waals surface area contributed by atoms with Crippen molar-refractivity contribution in [2.45, 2.75) is 26.7 Å². The van der Waals surface area contributed by atoms with Crippen LogP contribution < -0.4 is 5.73 Å². The molecular weight excluding hydrogens is 402 g/mol. The van der Waals surface area contributed by atoms with Crippen LogP contribution in [0.15, 0.2) is 65.7 Å². The molecule has 0 fully saturated rings. The van der Waals surface area contributed by atoms with E-state index in [4.69, 9.17) is 5.73 Å². The number of primary amides is 1. The Morgan fingerprint density at radius 3 is 2.31 bits per heavy atom. The Kier molecular flexibility index (Phi) is 7.05. The Balaban J connectivity index is 2.11. The first-order chi connectivity index (χ1) is 15.3. The largest absolute Gasteiger partial charge is 0.481 e. The molecule has 0 aliphatic heterocycles. The van der Waals surface area contributed by atoms with Crippen molar-refractivity contribution in [1.82, 2.24) is 4.57 Å². The Bertz CT molecular complexity index is 1200. The predicted molar refractivity (Wildman–Crippen MR) is 128 cm³/mol. The number of nitrogens with two attached hydrogens (primary N) is 1. The summed E-state index contributed by atoms with van der Waals surface area (Å²) in [6.45, 7) is 3.89. The molecule has 32 heavy (non-hydrogen) atoms. The smallest absolute Gasteiger partial charge is 0.303 e. The van der Waals surface area contributed by atoms with Gasteiger partial charge >= 0.3 is 5.97 Å². The third kappa shape index (κ3) is 4.86. The summed E-state index contributed by atoms with van der Waals surface area (Å²) in [6.07, 6.45) is 4.26. The lowest BCUT2D eigenvalue weighted by atomic mass is 10.0. The van der Waals surface area contributed by atoms with Crippen molar-refractivity contribution in [2.75, 3.05) is 7.05 Å². The lowest BCUT2D eigenvalue weighted by Gasteiger charge is -2.17. The number of aliphatic imine (C=N–C) groups is 1. The number of carbonyl (C=O) groups is 2. The molecule has 0 unspecified atom stereocenters. The number of nitrogens with zero attached hydrogens (tertiary/aromatic N) is 2. The molecule has 3 rings (SSSR count). The topological polar surface area (TPSA) is 97.7 Å². The summed E-state index contributed by atoms with van der Waals surface area (Å²) in [7, 11) is 1.75. The number of rotatable bonds is 8. The molecule has 0 aliphatic carbocycles. The number of amides is 1. The lowest BCUT2D eigenvalue weighted by molar-refractivity contribution is -0.136. The van der Waals surface area contributed by atoms with Gasteiger partial charge in [0.05, 0.1) is 12.1 Å². The minimum atomic E-state index is -0.846. The van der Waals surface area contributed by atoms with E-state index in [9.17, 15) is 14.7 Å². The number of carbonyl (C=O) groups excluding carboxylic acids is 1. The Labute approximate surface area is 187 Å². The molecule has 1 heterocycles. The van der Waals surface area contributed by atoms with Gasteiger partial charge in [0.2, 0.25) is 5.91 Å². The van der Waals surface area contributed by atoms with Gasteiger partial charge in [-0.1, -0.05) is 30.3 Å². The first kappa shape index (κ1) is 22.7. The standard InChI is InChI=1S/C26H27N3O3/c1-4-18(16-28-3)19-5-7-20(8-6-19)24-13-10-22(11-14-25(30)31)29(24)23-12-9-21(26(27)32)15-17(23)2/h4-10,12-13,15-16H,11,14H2,1-3H3,(H2,27,32)(H,30,31)/b18-4+,28-16?. The second-order valence-electron chi connectivity index (χ2n) is 7.51. The number of carboxylic acid groups (broad SMARTS) is 1. The Morgan fingerprint density at radius 2 is 1.75 bits per heavy atom. The van der Waals surface area contributed by atoms with Gasteiger partial charge < -0.3 is 15.4 Å². The summed E-state index contributed by atoms with van der Waals surface area (Å²) in [5, 5.41) is 9.19. The number of hydrogen-bond donors (Lipinski definition) is 2. The van der Waals surface area contributed by atoms with E-state index < -0.39 is 11.9 Å². The van der Waals surface area contributed by atoms with Crippen LogP contribution in [-0.2, 0) is 11.2 Å². The van der Waals surface area contributed by atoms with E-state index >= 15 is 0 Å². The first-order valence-corrected chi connectivity index (χ1v) is 10.4. The molecule has 3 aromatic rings. The number of aliphatic carboxylic acids is 1. The summed E-state index contributed by atoms with van der Waals surface area (Å²) >= 11 is 0. The fourth-order valence-electron chi connectivity index (χ4n) is 3.77. The molecule has 0 spiro atoms. The maximum atomic E-state index is 11.6. The SMILES string of the molecule is C/C=C(\C=NC)c1ccc(-c2ccc(CCC(=O)O)n2-c2ccc(C(N)=O)cc2C)cc1. The van der Waals surface area contributed by atoms with Gasteiger partial charge in [-0.05, 0) is 72.9 Å². The number of benzene rings is 2. The molecule has 164 valence electrons. The van der Waals surface area contributed by atoms with Crippen LogP contribution in [0, 0.1) is 6.92 Å². The minimum absolute atomic E-state index is 0.0296. The normalized spacial score (nSPS) is 11.8. The highest BCUT2D eigenvalue weighted by Crippen LogP contribution is 2.30. The highest BCUT2D eigenvalue weighted by atomic mass is 16.4. The molecule has 2 aromatic carbocycles. The Morgan fingerprint density at radius 1 is 1.06 bits per heavy atom. The average Bonchev–Trinajstić information content (AvgIpc) is 3.19. The summed E-state index contributed by atoms with van der Waals surface area (Å²) in [6, 6.07) is 17.4. The van der Waals surface area contributed by atoms with Crippen molar-refractivity contribution in [1.29, 1.82) is 0 Å². The fraction of sp³-hybridized carbons (Fsp3) is 0.192. The van der Waals surface area contributed by atoms with E-state index in [1.54, 1.807) is 19.2 Å². The molecule has 3 N–H and O–H groups in total. The molecule has 0 radical (unpaired) electrons. The van der Waals surface area contributed by atoms with E-state index in [1.807, 2.05) is 68.6 Å². The Hall–Kier alpha value is -3.93.